The highest BCUT2D eigenvalue weighted by molar-refractivity contribution is 9.09. The van der Waals surface area contributed by atoms with Crippen molar-refractivity contribution in [3.05, 3.63) is 40.3 Å². The normalized spacial score (nSPS) is 16.3. The fraction of sp³-hybridized carbons (Fsp3) is 0.200. The van der Waals surface area contributed by atoms with Crippen molar-refractivity contribution < 1.29 is 13.9 Å². The molecule has 2 heterocycles. The van der Waals surface area contributed by atoms with E-state index in [1.165, 1.54) is 7.11 Å². The van der Waals surface area contributed by atoms with Crippen LogP contribution in [-0.4, -0.2) is 23.8 Å². The van der Waals surface area contributed by atoms with Crippen LogP contribution in [-0.2, 0) is 4.74 Å². The number of hydrogen-bond acceptors (Lipinski definition) is 5. The number of fused-ring (bicyclic) bond motifs is 1. The summed E-state index contributed by atoms with van der Waals surface area (Å²) in [7, 11) is 1.20. The highest BCUT2D eigenvalue weighted by Crippen LogP contribution is 2.48. The summed E-state index contributed by atoms with van der Waals surface area (Å²) in [4.78, 5) is 17.0. The third-order valence-electron chi connectivity index (χ3n) is 3.50. The van der Waals surface area contributed by atoms with E-state index >= 15 is 0 Å². The molecule has 3 rings (SSSR count). The first-order valence-electron chi connectivity index (χ1n) is 6.58. The predicted octanol–water partition coefficient (Wildman–Crippen LogP) is 4.45. The number of hydrogen-bond donors (Lipinski definition) is 1. The molecule has 1 aromatic heterocycles. The second kappa shape index (κ2) is 6.30. The van der Waals surface area contributed by atoms with Crippen LogP contribution in [0, 0.1) is 5.82 Å². The molecule has 2 aromatic rings. The molecule has 0 saturated carbocycles. The van der Waals surface area contributed by atoms with Crippen molar-refractivity contribution >= 4 is 50.9 Å². The number of ether oxygens (including phenoxy) is 1. The van der Waals surface area contributed by atoms with E-state index in [9.17, 15) is 9.18 Å². The van der Waals surface area contributed by atoms with Crippen LogP contribution < -0.4 is 5.73 Å². The largest absolute Gasteiger partial charge is 0.464 e. The van der Waals surface area contributed by atoms with Crippen molar-refractivity contribution in [2.75, 3.05) is 18.6 Å². The molecule has 120 valence electrons. The van der Waals surface area contributed by atoms with Crippen LogP contribution in [0.3, 0.4) is 0 Å². The molecule has 8 heteroatoms. The van der Waals surface area contributed by atoms with E-state index in [1.54, 1.807) is 17.8 Å². The monoisotopic (exact) mass is 416 g/mol. The summed E-state index contributed by atoms with van der Waals surface area (Å²) in [5.41, 5.74) is 6.85. The van der Waals surface area contributed by atoms with E-state index in [4.69, 9.17) is 17.3 Å². The lowest BCUT2D eigenvalue weighted by Gasteiger charge is -2.13. The molecular formula is C15H11BrClFN2O2S. The van der Waals surface area contributed by atoms with Gasteiger partial charge in [-0.15, -0.1) is 11.8 Å². The molecule has 4 nitrogen and oxygen atoms in total. The van der Waals surface area contributed by atoms with Gasteiger partial charge in [0.1, 0.15) is 5.69 Å². The van der Waals surface area contributed by atoms with E-state index in [2.05, 4.69) is 25.7 Å². The topological polar surface area (TPSA) is 65.2 Å². The van der Waals surface area contributed by atoms with E-state index in [1.807, 2.05) is 12.1 Å². The zero-order valence-electron chi connectivity index (χ0n) is 11.9. The second-order valence-electron chi connectivity index (χ2n) is 4.84. The van der Waals surface area contributed by atoms with Crippen molar-refractivity contribution in [1.29, 1.82) is 0 Å². The zero-order valence-corrected chi connectivity index (χ0v) is 15.1. The van der Waals surface area contributed by atoms with Crippen LogP contribution in [0.15, 0.2) is 23.1 Å². The van der Waals surface area contributed by atoms with Gasteiger partial charge in [-0.05, 0) is 5.56 Å². The Hall–Kier alpha value is -1.31. The van der Waals surface area contributed by atoms with Crippen molar-refractivity contribution in [2.45, 2.75) is 9.72 Å². The van der Waals surface area contributed by atoms with Crippen LogP contribution in [0.2, 0.25) is 5.02 Å². The molecule has 0 aliphatic carbocycles. The van der Waals surface area contributed by atoms with Gasteiger partial charge in [0.25, 0.3) is 0 Å². The zero-order chi connectivity index (χ0) is 16.7. The van der Waals surface area contributed by atoms with Crippen molar-refractivity contribution in [2.24, 2.45) is 0 Å². The van der Waals surface area contributed by atoms with Crippen LogP contribution >= 0.6 is 39.3 Å². The van der Waals surface area contributed by atoms with Gasteiger partial charge in [-0.2, -0.15) is 0 Å². The van der Waals surface area contributed by atoms with Gasteiger partial charge in [-0.3, -0.25) is 0 Å². The number of benzene rings is 1. The number of esters is 1. The number of rotatable bonds is 2. The standard InChI is InChI=1S/C15H11BrClFN2O2S/c1-22-15(21)13-9(17)11(19)10(18)12(20-13)7-4-2-3-6-8(16)5-23-14(6)7/h2-4,8H,5H2,1H3,(H2,19,20). The SMILES string of the molecule is COC(=O)c1nc(-c2cccc3c2SCC3Br)c(F)c(N)c1Cl. The molecule has 0 saturated heterocycles. The van der Waals surface area contributed by atoms with Gasteiger partial charge in [0.05, 0.1) is 22.6 Å². The van der Waals surface area contributed by atoms with Gasteiger partial charge in [0.15, 0.2) is 11.5 Å². The number of nitrogens with two attached hydrogens (primary N) is 1. The van der Waals surface area contributed by atoms with Crippen molar-refractivity contribution in [3.8, 4) is 11.3 Å². The van der Waals surface area contributed by atoms with Crippen LogP contribution in [0.5, 0.6) is 0 Å². The van der Waals surface area contributed by atoms with Crippen molar-refractivity contribution in [3.63, 3.8) is 0 Å². The highest BCUT2D eigenvalue weighted by atomic mass is 79.9. The number of nitrogens with zero attached hydrogens (tertiary/aromatic N) is 1. The summed E-state index contributed by atoms with van der Waals surface area (Å²) >= 11 is 11.1. The lowest BCUT2D eigenvalue weighted by molar-refractivity contribution is 0.0594. The summed E-state index contributed by atoms with van der Waals surface area (Å²) in [6.07, 6.45) is 0. The lowest BCUT2D eigenvalue weighted by Crippen LogP contribution is -2.10. The molecule has 1 unspecified atom stereocenters. The summed E-state index contributed by atoms with van der Waals surface area (Å²) in [5.74, 6) is -0.669. The van der Waals surface area contributed by atoms with Gasteiger partial charge in [-0.1, -0.05) is 45.7 Å². The van der Waals surface area contributed by atoms with Crippen LogP contribution in [0.4, 0.5) is 10.1 Å². The average Bonchev–Trinajstić information content (AvgIpc) is 2.94. The molecule has 1 aliphatic rings. The fourth-order valence-corrected chi connectivity index (χ4v) is 4.69. The molecule has 2 N–H and O–H groups in total. The Morgan fingerprint density at radius 2 is 2.30 bits per heavy atom. The third kappa shape index (κ3) is 2.70. The van der Waals surface area contributed by atoms with Gasteiger partial charge in [0.2, 0.25) is 0 Å². The van der Waals surface area contributed by atoms with E-state index < -0.39 is 11.8 Å². The van der Waals surface area contributed by atoms with E-state index in [-0.39, 0.29) is 26.9 Å². The Bertz CT molecular complexity index is 819. The third-order valence-corrected chi connectivity index (χ3v) is 6.38. The first-order chi connectivity index (χ1) is 11.0. The van der Waals surface area contributed by atoms with Gasteiger partial charge >= 0.3 is 5.97 Å². The summed E-state index contributed by atoms with van der Waals surface area (Å²) in [6.45, 7) is 0. The molecule has 0 radical (unpaired) electrons. The molecule has 1 aromatic carbocycles. The Morgan fingerprint density at radius 3 is 3.00 bits per heavy atom. The molecule has 0 bridgehead atoms. The highest BCUT2D eigenvalue weighted by Gasteiger charge is 2.28. The Kier molecular flexibility index (Phi) is 4.53. The molecule has 23 heavy (non-hydrogen) atoms. The quantitative estimate of drug-likeness (QED) is 0.577. The number of methoxy groups -OCH3 is 1. The number of alkyl halides is 1. The first-order valence-corrected chi connectivity index (χ1v) is 8.86. The number of carbonyl (C=O) groups excluding carboxylic acids is 1. The predicted molar refractivity (Wildman–Crippen MR) is 92.8 cm³/mol. The lowest BCUT2D eigenvalue weighted by atomic mass is 10.0. The minimum Gasteiger partial charge on any atom is -0.464 e. The average molecular weight is 418 g/mol. The Labute approximate surface area is 149 Å². The number of anilines is 1. The minimum absolute atomic E-state index is 0.00162. The maximum atomic E-state index is 14.6. The maximum absolute atomic E-state index is 14.6. The second-order valence-corrected chi connectivity index (χ2v) is 7.36. The van der Waals surface area contributed by atoms with Crippen LogP contribution in [0.25, 0.3) is 11.3 Å². The van der Waals surface area contributed by atoms with E-state index in [0.29, 0.717) is 5.56 Å². The summed E-state index contributed by atoms with van der Waals surface area (Å²) in [6, 6.07) is 5.53. The summed E-state index contributed by atoms with van der Waals surface area (Å²) in [5, 5.41) is -0.239. The number of aromatic nitrogens is 1. The number of carbonyl (C=O) groups is 1. The number of halogens is 3. The molecule has 1 aliphatic heterocycles. The van der Waals surface area contributed by atoms with Crippen molar-refractivity contribution in [1.82, 2.24) is 4.98 Å². The number of nitrogen functional groups attached to an aromatic ring is 1. The number of thioether (sulfide) groups is 1. The maximum Gasteiger partial charge on any atom is 0.358 e. The Balaban J connectivity index is 2.26. The molecule has 0 spiro atoms. The van der Waals surface area contributed by atoms with Gasteiger partial charge in [0, 0.05) is 16.2 Å². The number of pyridine rings is 1. The first kappa shape index (κ1) is 16.5. The fourth-order valence-electron chi connectivity index (χ4n) is 2.37. The molecule has 0 fully saturated rings. The van der Waals surface area contributed by atoms with Crippen LogP contribution in [0.1, 0.15) is 20.9 Å². The smallest absolute Gasteiger partial charge is 0.358 e. The molecular weight excluding hydrogens is 407 g/mol. The van der Waals surface area contributed by atoms with Gasteiger partial charge < -0.3 is 10.5 Å². The molecule has 1 atom stereocenters. The minimum atomic E-state index is -0.762. The van der Waals surface area contributed by atoms with E-state index in [0.717, 1.165) is 16.2 Å². The Morgan fingerprint density at radius 1 is 1.57 bits per heavy atom. The van der Waals surface area contributed by atoms with Gasteiger partial charge in [-0.25, -0.2) is 14.2 Å². The molecule has 0 amide bonds. The summed E-state index contributed by atoms with van der Waals surface area (Å²) < 4.78 is 19.3.